The Hall–Kier alpha value is -0.330. The molecule has 0 heterocycles. The average molecular weight is 200 g/mol. The number of rotatable bonds is 2. The molecule has 0 radical (unpaired) electrons. The van der Waals surface area contributed by atoms with Crippen molar-refractivity contribution in [3.63, 3.8) is 0 Å². The summed E-state index contributed by atoms with van der Waals surface area (Å²) in [5.74, 6) is 0.891. The lowest BCUT2D eigenvalue weighted by Crippen LogP contribution is -2.01. The molecule has 0 atom stereocenters. The summed E-state index contributed by atoms with van der Waals surface area (Å²) in [7, 11) is 1.67. The van der Waals surface area contributed by atoms with Crippen molar-refractivity contribution in [2.24, 2.45) is 0 Å². The van der Waals surface area contributed by atoms with Crippen molar-refractivity contribution >= 4 is 23.1 Å². The van der Waals surface area contributed by atoms with E-state index in [-0.39, 0.29) is 0 Å². The highest BCUT2D eigenvalue weighted by Gasteiger charge is 2.04. The monoisotopic (exact) mass is 200 g/mol. The fraction of sp³-hybridized carbons (Fsp3) is 0.333. The summed E-state index contributed by atoms with van der Waals surface area (Å²) in [6, 6.07) is 6.76. The van der Waals surface area contributed by atoms with Gasteiger partial charge in [-0.2, -0.15) is 0 Å². The molecule has 0 spiro atoms. The van der Waals surface area contributed by atoms with Crippen LogP contribution in [0.5, 0.6) is 5.75 Å². The van der Waals surface area contributed by atoms with Gasteiger partial charge in [-0.3, -0.25) is 0 Å². The van der Waals surface area contributed by atoms with Crippen LogP contribution in [0.3, 0.4) is 0 Å². The maximum absolute atomic E-state index is 5.40. The van der Waals surface area contributed by atoms with E-state index in [9.17, 15) is 0 Å². The van der Waals surface area contributed by atoms with Crippen LogP contribution in [-0.4, -0.2) is 20.4 Å². The Morgan fingerprint density at radius 1 is 1.17 bits per heavy atom. The molecule has 1 rings (SSSR count). The molecule has 1 aromatic rings. The maximum atomic E-state index is 5.40. The third-order valence-electron chi connectivity index (χ3n) is 1.69. The summed E-state index contributed by atoms with van der Waals surface area (Å²) in [5.41, 5.74) is 0. The summed E-state index contributed by atoms with van der Waals surface area (Å²) in [6.45, 7) is 4.26. The minimum atomic E-state index is -1.27. The van der Waals surface area contributed by atoms with Gasteiger partial charge in [0.2, 0.25) is 0 Å². The molecule has 0 amide bonds. The van der Waals surface area contributed by atoms with E-state index in [0.717, 1.165) is 5.75 Å². The van der Waals surface area contributed by atoms with E-state index in [0.29, 0.717) is 0 Å². The summed E-state index contributed by atoms with van der Waals surface area (Å²) < 4.78 is 5.06. The van der Waals surface area contributed by atoms with Crippen LogP contribution in [0.1, 0.15) is 0 Å². The minimum Gasteiger partial charge on any atom is -0.497 e. The van der Waals surface area contributed by atoms with Crippen LogP contribution in [0.4, 0.5) is 0 Å². The summed E-state index contributed by atoms with van der Waals surface area (Å²) in [6.07, 6.45) is 0. The van der Waals surface area contributed by atoms with E-state index >= 15 is 0 Å². The van der Waals surface area contributed by atoms with Gasteiger partial charge in [0.15, 0.2) is 0 Å². The second-order valence-electron chi connectivity index (χ2n) is 3.05. The zero-order valence-electron chi connectivity index (χ0n) is 7.57. The predicted octanol–water partition coefficient (Wildman–Crippen LogP) is 2.06. The standard InChI is InChI=1S/C9H13OPS/c1-10-8-4-6-9(7-5-8)11(2,3)12/h4-7H,1-3H3. The molecule has 0 saturated carbocycles. The van der Waals surface area contributed by atoms with Crippen molar-refractivity contribution in [3.8, 4) is 5.75 Å². The first-order valence-corrected chi connectivity index (χ1v) is 7.43. The average Bonchev–Trinajstić information content (AvgIpc) is 2.03. The van der Waals surface area contributed by atoms with Gasteiger partial charge >= 0.3 is 0 Å². The quantitative estimate of drug-likeness (QED) is 0.676. The van der Waals surface area contributed by atoms with Crippen LogP contribution in [0.15, 0.2) is 24.3 Å². The van der Waals surface area contributed by atoms with Gasteiger partial charge in [0.25, 0.3) is 0 Å². The van der Waals surface area contributed by atoms with Gasteiger partial charge in [-0.05, 0) is 36.8 Å². The second-order valence-corrected chi connectivity index (χ2v) is 9.01. The van der Waals surface area contributed by atoms with E-state index in [2.05, 4.69) is 25.5 Å². The van der Waals surface area contributed by atoms with Gasteiger partial charge in [-0.1, -0.05) is 23.9 Å². The molecule has 66 valence electrons. The summed E-state index contributed by atoms with van der Waals surface area (Å²) in [5, 5.41) is 1.26. The molecule has 0 bridgehead atoms. The number of benzene rings is 1. The molecule has 1 aromatic carbocycles. The first kappa shape index (κ1) is 9.76. The minimum absolute atomic E-state index is 0.891. The van der Waals surface area contributed by atoms with Crippen molar-refractivity contribution in [1.82, 2.24) is 0 Å². The predicted molar refractivity (Wildman–Crippen MR) is 58.8 cm³/mol. The van der Waals surface area contributed by atoms with Crippen LogP contribution < -0.4 is 10.0 Å². The highest BCUT2D eigenvalue weighted by atomic mass is 32.4. The Morgan fingerprint density at radius 3 is 2.00 bits per heavy atom. The largest absolute Gasteiger partial charge is 0.497 e. The van der Waals surface area contributed by atoms with Gasteiger partial charge in [-0.25, -0.2) is 0 Å². The number of hydrogen-bond donors (Lipinski definition) is 0. The van der Waals surface area contributed by atoms with E-state index < -0.39 is 6.04 Å². The molecule has 0 unspecified atom stereocenters. The van der Waals surface area contributed by atoms with Gasteiger partial charge in [0, 0.05) is 0 Å². The van der Waals surface area contributed by atoms with Crippen LogP contribution in [0.2, 0.25) is 0 Å². The van der Waals surface area contributed by atoms with Gasteiger partial charge in [0.05, 0.1) is 7.11 Å². The zero-order chi connectivity index (χ0) is 9.19. The van der Waals surface area contributed by atoms with E-state index in [1.807, 2.05) is 12.1 Å². The third kappa shape index (κ3) is 2.33. The molecular formula is C9H13OPS. The molecule has 0 aliphatic rings. The number of methoxy groups -OCH3 is 1. The molecule has 0 N–H and O–H groups in total. The lowest BCUT2D eigenvalue weighted by Gasteiger charge is -2.10. The van der Waals surface area contributed by atoms with Crippen LogP contribution in [-0.2, 0) is 11.8 Å². The van der Waals surface area contributed by atoms with Gasteiger partial charge in [0.1, 0.15) is 5.75 Å². The molecule has 0 saturated heterocycles. The summed E-state index contributed by atoms with van der Waals surface area (Å²) >= 11 is 5.40. The molecule has 0 aromatic heterocycles. The molecule has 0 fully saturated rings. The van der Waals surface area contributed by atoms with Crippen LogP contribution in [0, 0.1) is 0 Å². The fourth-order valence-corrected chi connectivity index (χ4v) is 2.17. The Morgan fingerprint density at radius 2 is 1.67 bits per heavy atom. The lowest BCUT2D eigenvalue weighted by atomic mass is 10.3. The number of hydrogen-bond acceptors (Lipinski definition) is 2. The van der Waals surface area contributed by atoms with Crippen molar-refractivity contribution in [2.45, 2.75) is 0 Å². The van der Waals surface area contributed by atoms with E-state index in [1.54, 1.807) is 7.11 Å². The maximum Gasteiger partial charge on any atom is 0.118 e. The van der Waals surface area contributed by atoms with Gasteiger partial charge in [-0.15, -0.1) is 0 Å². The molecule has 12 heavy (non-hydrogen) atoms. The highest BCUT2D eigenvalue weighted by molar-refractivity contribution is 8.17. The first-order chi connectivity index (χ1) is 5.54. The molecular weight excluding hydrogens is 187 g/mol. The molecule has 0 aliphatic heterocycles. The van der Waals surface area contributed by atoms with Gasteiger partial charge < -0.3 is 4.74 Å². The topological polar surface area (TPSA) is 9.23 Å². The molecule has 1 nitrogen and oxygen atoms in total. The SMILES string of the molecule is COc1ccc(P(C)(C)=S)cc1. The van der Waals surface area contributed by atoms with Crippen molar-refractivity contribution in [1.29, 1.82) is 0 Å². The number of ether oxygens (including phenoxy) is 1. The Labute approximate surface area is 78.8 Å². The Balaban J connectivity index is 3.01. The third-order valence-corrected chi connectivity index (χ3v) is 3.87. The highest BCUT2D eigenvalue weighted by Crippen LogP contribution is 2.35. The zero-order valence-corrected chi connectivity index (χ0v) is 9.28. The molecule has 3 heteroatoms. The van der Waals surface area contributed by atoms with Crippen LogP contribution >= 0.6 is 6.04 Å². The van der Waals surface area contributed by atoms with Crippen LogP contribution in [0.25, 0.3) is 0 Å². The van der Waals surface area contributed by atoms with E-state index in [1.165, 1.54) is 5.30 Å². The van der Waals surface area contributed by atoms with Crippen molar-refractivity contribution in [3.05, 3.63) is 24.3 Å². The Kier molecular flexibility index (Phi) is 2.92. The second kappa shape index (κ2) is 3.59. The van der Waals surface area contributed by atoms with Crippen molar-refractivity contribution in [2.75, 3.05) is 20.4 Å². The van der Waals surface area contributed by atoms with Crippen molar-refractivity contribution < 1.29 is 4.74 Å². The summed E-state index contributed by atoms with van der Waals surface area (Å²) in [4.78, 5) is 0. The molecule has 0 aliphatic carbocycles. The fourth-order valence-electron chi connectivity index (χ4n) is 0.941. The first-order valence-electron chi connectivity index (χ1n) is 3.73. The Bertz CT molecular complexity index is 299. The van der Waals surface area contributed by atoms with E-state index in [4.69, 9.17) is 16.5 Å². The lowest BCUT2D eigenvalue weighted by molar-refractivity contribution is 0.415. The normalized spacial score (nSPS) is 11.2. The smallest absolute Gasteiger partial charge is 0.118 e.